The molecule has 2 nitrogen and oxygen atoms in total. The van der Waals surface area contributed by atoms with Gasteiger partial charge in [0.15, 0.2) is 0 Å². The summed E-state index contributed by atoms with van der Waals surface area (Å²) in [5.41, 5.74) is 0. The van der Waals surface area contributed by atoms with Crippen molar-refractivity contribution in [2.24, 2.45) is 5.92 Å². The fourth-order valence-corrected chi connectivity index (χ4v) is 2.04. The summed E-state index contributed by atoms with van der Waals surface area (Å²) < 4.78 is 10.8. The molecule has 1 aliphatic rings. The molecule has 0 saturated heterocycles. The minimum absolute atomic E-state index is 0.425. The van der Waals surface area contributed by atoms with Crippen LogP contribution in [0.4, 0.5) is 0 Å². The van der Waals surface area contributed by atoms with E-state index in [1.54, 1.807) is 14.2 Å². The highest BCUT2D eigenvalue weighted by Gasteiger charge is 2.27. The third-order valence-corrected chi connectivity index (χ3v) is 2.96. The summed E-state index contributed by atoms with van der Waals surface area (Å²) in [5.74, 6) is 0.800. The predicted molar refractivity (Wildman–Crippen MR) is 49.2 cm³/mol. The molecule has 1 rings (SSSR count). The molecule has 0 bridgehead atoms. The Bertz CT molecular complexity index is 95.2. The molecule has 2 atom stereocenters. The van der Waals surface area contributed by atoms with Crippen LogP contribution in [-0.4, -0.2) is 26.4 Å². The minimum Gasteiger partial charge on any atom is -0.381 e. The molecule has 12 heavy (non-hydrogen) atoms. The van der Waals surface area contributed by atoms with Crippen LogP contribution in [0.5, 0.6) is 0 Å². The van der Waals surface area contributed by atoms with E-state index in [9.17, 15) is 0 Å². The second-order valence-electron chi connectivity index (χ2n) is 3.70. The molecule has 0 heterocycles. The van der Waals surface area contributed by atoms with Crippen LogP contribution in [0.15, 0.2) is 0 Å². The third kappa shape index (κ3) is 2.46. The minimum atomic E-state index is 0.425. The van der Waals surface area contributed by atoms with Gasteiger partial charge < -0.3 is 9.47 Å². The first-order valence-corrected chi connectivity index (χ1v) is 4.85. The van der Waals surface area contributed by atoms with E-state index >= 15 is 0 Å². The molecule has 0 amide bonds. The van der Waals surface area contributed by atoms with Crippen LogP contribution in [0, 0.1) is 5.92 Å². The Hall–Kier alpha value is -0.0800. The van der Waals surface area contributed by atoms with E-state index < -0.39 is 0 Å². The maximum absolute atomic E-state index is 5.38. The fraction of sp³-hybridized carbons (Fsp3) is 1.00. The lowest BCUT2D eigenvalue weighted by atomic mass is 9.84. The first-order chi connectivity index (χ1) is 5.80. The second kappa shape index (κ2) is 4.83. The van der Waals surface area contributed by atoms with Crippen LogP contribution in [0.2, 0.25) is 0 Å². The number of hydrogen-bond acceptors (Lipinski definition) is 2. The van der Waals surface area contributed by atoms with Gasteiger partial charge in [0.2, 0.25) is 0 Å². The molecule has 0 spiro atoms. The van der Waals surface area contributed by atoms with Crippen LogP contribution in [0.25, 0.3) is 0 Å². The van der Waals surface area contributed by atoms with Crippen molar-refractivity contribution in [2.45, 2.75) is 44.8 Å². The highest BCUT2D eigenvalue weighted by atomic mass is 16.5. The fourth-order valence-electron chi connectivity index (χ4n) is 2.04. The lowest BCUT2D eigenvalue weighted by Crippen LogP contribution is -2.31. The predicted octanol–water partition coefficient (Wildman–Crippen LogP) is 2.23. The molecule has 1 fully saturated rings. The van der Waals surface area contributed by atoms with Gasteiger partial charge in [-0.05, 0) is 25.2 Å². The number of ether oxygens (including phenoxy) is 2. The van der Waals surface area contributed by atoms with Gasteiger partial charge in [0.05, 0.1) is 12.2 Å². The van der Waals surface area contributed by atoms with Crippen molar-refractivity contribution in [3.8, 4) is 0 Å². The second-order valence-corrected chi connectivity index (χ2v) is 3.70. The van der Waals surface area contributed by atoms with Crippen molar-refractivity contribution in [2.75, 3.05) is 14.2 Å². The Kier molecular flexibility index (Phi) is 4.02. The zero-order chi connectivity index (χ0) is 8.97. The van der Waals surface area contributed by atoms with Crippen LogP contribution in [0.1, 0.15) is 32.6 Å². The molecule has 2 heteroatoms. The van der Waals surface area contributed by atoms with E-state index in [2.05, 4.69) is 6.92 Å². The van der Waals surface area contributed by atoms with E-state index in [0.29, 0.717) is 12.2 Å². The van der Waals surface area contributed by atoms with Crippen LogP contribution in [-0.2, 0) is 9.47 Å². The van der Waals surface area contributed by atoms with Crippen molar-refractivity contribution in [1.29, 1.82) is 0 Å². The maximum Gasteiger partial charge on any atom is 0.0598 e. The zero-order valence-corrected chi connectivity index (χ0v) is 8.38. The Morgan fingerprint density at radius 2 is 1.50 bits per heavy atom. The molecule has 1 saturated carbocycles. The van der Waals surface area contributed by atoms with Gasteiger partial charge in [-0.15, -0.1) is 0 Å². The molecule has 0 N–H and O–H groups in total. The van der Waals surface area contributed by atoms with Gasteiger partial charge in [0.25, 0.3) is 0 Å². The molecule has 0 radical (unpaired) electrons. The smallest absolute Gasteiger partial charge is 0.0598 e. The topological polar surface area (TPSA) is 18.5 Å². The van der Waals surface area contributed by atoms with Gasteiger partial charge in [-0.3, -0.25) is 0 Å². The summed E-state index contributed by atoms with van der Waals surface area (Å²) >= 11 is 0. The molecular weight excluding hydrogens is 152 g/mol. The maximum atomic E-state index is 5.38. The van der Waals surface area contributed by atoms with Crippen molar-refractivity contribution in [3.05, 3.63) is 0 Å². The highest BCUT2D eigenvalue weighted by molar-refractivity contribution is 4.79. The van der Waals surface area contributed by atoms with E-state index in [1.807, 2.05) is 0 Å². The van der Waals surface area contributed by atoms with Gasteiger partial charge >= 0.3 is 0 Å². The molecule has 2 unspecified atom stereocenters. The van der Waals surface area contributed by atoms with E-state index in [1.165, 1.54) is 19.3 Å². The first kappa shape index (κ1) is 10.0. The Morgan fingerprint density at radius 3 is 1.83 bits per heavy atom. The molecule has 0 aromatic heterocycles. The number of rotatable bonds is 3. The van der Waals surface area contributed by atoms with Crippen molar-refractivity contribution < 1.29 is 9.47 Å². The average molecular weight is 172 g/mol. The lowest BCUT2D eigenvalue weighted by Gasteiger charge is -2.32. The van der Waals surface area contributed by atoms with Gasteiger partial charge in [-0.2, -0.15) is 0 Å². The summed E-state index contributed by atoms with van der Waals surface area (Å²) in [6, 6.07) is 0. The number of methoxy groups -OCH3 is 2. The first-order valence-electron chi connectivity index (χ1n) is 4.85. The zero-order valence-electron chi connectivity index (χ0n) is 8.38. The molecule has 0 aromatic rings. The molecule has 0 aliphatic heterocycles. The number of hydrogen-bond donors (Lipinski definition) is 0. The van der Waals surface area contributed by atoms with E-state index in [4.69, 9.17) is 9.47 Å². The Labute approximate surface area is 75.2 Å². The largest absolute Gasteiger partial charge is 0.381 e. The van der Waals surface area contributed by atoms with Crippen LogP contribution < -0.4 is 0 Å². The van der Waals surface area contributed by atoms with E-state index in [-0.39, 0.29) is 0 Å². The molecule has 0 aromatic carbocycles. The third-order valence-electron chi connectivity index (χ3n) is 2.96. The normalized spacial score (nSPS) is 36.8. The average Bonchev–Trinajstić information content (AvgIpc) is 2.16. The van der Waals surface area contributed by atoms with Crippen molar-refractivity contribution in [3.63, 3.8) is 0 Å². The molecular formula is C10H20O2. The highest BCUT2D eigenvalue weighted by Crippen LogP contribution is 2.29. The summed E-state index contributed by atoms with van der Waals surface area (Å²) in [4.78, 5) is 0. The molecule has 72 valence electrons. The van der Waals surface area contributed by atoms with Crippen molar-refractivity contribution in [1.82, 2.24) is 0 Å². The van der Waals surface area contributed by atoms with Gasteiger partial charge in [0, 0.05) is 14.2 Å². The quantitative estimate of drug-likeness (QED) is 0.650. The summed E-state index contributed by atoms with van der Waals surface area (Å²) in [5, 5.41) is 0. The monoisotopic (exact) mass is 172 g/mol. The molecule has 1 aliphatic carbocycles. The summed E-state index contributed by atoms with van der Waals surface area (Å²) in [6.07, 6.45) is 5.60. The summed E-state index contributed by atoms with van der Waals surface area (Å²) in [6.45, 7) is 2.25. The Morgan fingerprint density at radius 1 is 1.00 bits per heavy atom. The van der Waals surface area contributed by atoms with Gasteiger partial charge in [0.1, 0.15) is 0 Å². The van der Waals surface area contributed by atoms with Crippen molar-refractivity contribution >= 4 is 0 Å². The SMILES string of the molecule is CCC1CC(OC)CC(OC)C1. The van der Waals surface area contributed by atoms with E-state index in [0.717, 1.165) is 12.3 Å². The van der Waals surface area contributed by atoms with Gasteiger partial charge in [-0.25, -0.2) is 0 Å². The standard InChI is InChI=1S/C10H20O2/c1-4-8-5-9(11-2)7-10(6-8)12-3/h8-10H,4-7H2,1-3H3. The van der Waals surface area contributed by atoms with Gasteiger partial charge in [-0.1, -0.05) is 13.3 Å². The summed E-state index contributed by atoms with van der Waals surface area (Å²) in [7, 11) is 3.60. The van der Waals surface area contributed by atoms with Crippen LogP contribution in [0.3, 0.4) is 0 Å². The van der Waals surface area contributed by atoms with Crippen LogP contribution >= 0.6 is 0 Å². The lowest BCUT2D eigenvalue weighted by molar-refractivity contribution is -0.0301. The Balaban J connectivity index is 2.41.